The Bertz CT molecular complexity index is 507. The summed E-state index contributed by atoms with van der Waals surface area (Å²) in [4.78, 5) is 25.2. The lowest BCUT2D eigenvalue weighted by atomic mass is 10.1. The van der Waals surface area contributed by atoms with Crippen LogP contribution in [0.5, 0.6) is 0 Å². The number of hydrogen-bond acceptors (Lipinski definition) is 4. The van der Waals surface area contributed by atoms with Gasteiger partial charge in [0.15, 0.2) is 0 Å². The lowest BCUT2D eigenvalue weighted by Crippen LogP contribution is -2.29. The number of anilines is 1. The van der Waals surface area contributed by atoms with E-state index in [0.29, 0.717) is 6.54 Å². The first kappa shape index (κ1) is 13.6. The van der Waals surface area contributed by atoms with E-state index >= 15 is 0 Å². The minimum Gasteiger partial charge on any atom is -0.469 e. The van der Waals surface area contributed by atoms with E-state index in [2.05, 4.69) is 5.10 Å². The van der Waals surface area contributed by atoms with Gasteiger partial charge < -0.3 is 4.74 Å². The highest BCUT2D eigenvalue weighted by atomic mass is 16.5. The van der Waals surface area contributed by atoms with Crippen LogP contribution in [-0.2, 0) is 14.3 Å². The number of esters is 1. The fraction of sp³-hybridized carbons (Fsp3) is 0.615. The van der Waals surface area contributed by atoms with Crippen LogP contribution in [0.3, 0.4) is 0 Å². The van der Waals surface area contributed by atoms with E-state index < -0.39 is 0 Å². The number of carbonyl (C=O) groups is 2. The second kappa shape index (κ2) is 5.03. The van der Waals surface area contributed by atoms with Gasteiger partial charge in [-0.25, -0.2) is 4.68 Å². The summed E-state index contributed by atoms with van der Waals surface area (Å²) in [5.41, 5.74) is 0.859. The Morgan fingerprint density at radius 1 is 1.53 bits per heavy atom. The second-order valence-corrected chi connectivity index (χ2v) is 5.11. The first-order chi connectivity index (χ1) is 8.93. The van der Waals surface area contributed by atoms with E-state index in [1.54, 1.807) is 4.90 Å². The molecule has 1 aromatic heterocycles. The quantitative estimate of drug-likeness (QED) is 0.773. The van der Waals surface area contributed by atoms with Crippen molar-refractivity contribution >= 4 is 17.7 Å². The highest BCUT2D eigenvalue weighted by molar-refractivity contribution is 5.98. The van der Waals surface area contributed by atoms with Crippen LogP contribution in [0.2, 0.25) is 0 Å². The fourth-order valence-corrected chi connectivity index (χ4v) is 2.34. The number of hydrogen-bond donors (Lipinski definition) is 0. The van der Waals surface area contributed by atoms with Gasteiger partial charge in [-0.3, -0.25) is 14.5 Å². The highest BCUT2D eigenvalue weighted by Gasteiger charge is 2.37. The highest BCUT2D eigenvalue weighted by Crippen LogP contribution is 2.28. The van der Waals surface area contributed by atoms with Gasteiger partial charge in [0.2, 0.25) is 5.91 Å². The van der Waals surface area contributed by atoms with E-state index in [1.807, 2.05) is 31.5 Å². The van der Waals surface area contributed by atoms with Crippen molar-refractivity contribution in [2.75, 3.05) is 18.6 Å². The summed E-state index contributed by atoms with van der Waals surface area (Å²) in [5.74, 6) is -0.0161. The van der Waals surface area contributed by atoms with Crippen LogP contribution in [0.25, 0.3) is 0 Å². The number of ether oxygens (including phenoxy) is 1. The van der Waals surface area contributed by atoms with Gasteiger partial charge in [0.1, 0.15) is 5.82 Å². The van der Waals surface area contributed by atoms with Crippen molar-refractivity contribution in [1.82, 2.24) is 9.78 Å². The third-order valence-corrected chi connectivity index (χ3v) is 3.26. The molecule has 1 fully saturated rings. The number of amides is 1. The SMILES string of the molecule is COC(=O)C1CC(=O)N(c2cc(C)nn2C(C)C)C1. The fourth-order valence-electron chi connectivity index (χ4n) is 2.34. The topological polar surface area (TPSA) is 64.4 Å². The van der Waals surface area contributed by atoms with Crippen LogP contribution in [0.4, 0.5) is 5.82 Å². The van der Waals surface area contributed by atoms with E-state index in [-0.39, 0.29) is 30.3 Å². The van der Waals surface area contributed by atoms with Gasteiger partial charge in [-0.2, -0.15) is 5.10 Å². The van der Waals surface area contributed by atoms with Gasteiger partial charge in [0, 0.05) is 25.1 Å². The smallest absolute Gasteiger partial charge is 0.311 e. The maximum Gasteiger partial charge on any atom is 0.311 e. The molecular weight excluding hydrogens is 246 g/mol. The molecule has 19 heavy (non-hydrogen) atoms. The molecule has 1 atom stereocenters. The summed E-state index contributed by atoms with van der Waals surface area (Å²) >= 11 is 0. The number of aryl methyl sites for hydroxylation is 1. The van der Waals surface area contributed by atoms with E-state index in [0.717, 1.165) is 11.5 Å². The molecule has 1 aromatic rings. The molecule has 0 aliphatic carbocycles. The Morgan fingerprint density at radius 2 is 2.21 bits per heavy atom. The Balaban J connectivity index is 2.28. The Kier molecular flexibility index (Phi) is 3.59. The molecule has 6 nitrogen and oxygen atoms in total. The number of methoxy groups -OCH3 is 1. The van der Waals surface area contributed by atoms with E-state index in [1.165, 1.54) is 7.11 Å². The molecule has 1 amide bonds. The molecule has 0 bridgehead atoms. The molecule has 0 aromatic carbocycles. The molecule has 2 heterocycles. The summed E-state index contributed by atoms with van der Waals surface area (Å²) in [6, 6.07) is 2.03. The molecule has 1 aliphatic rings. The normalized spacial score (nSPS) is 19.3. The number of carbonyl (C=O) groups excluding carboxylic acids is 2. The first-order valence-electron chi connectivity index (χ1n) is 6.38. The van der Waals surface area contributed by atoms with Gasteiger partial charge in [0.25, 0.3) is 0 Å². The molecular formula is C13H19N3O3. The summed E-state index contributed by atoms with van der Waals surface area (Å²) in [7, 11) is 1.35. The largest absolute Gasteiger partial charge is 0.469 e. The molecule has 0 N–H and O–H groups in total. The van der Waals surface area contributed by atoms with E-state index in [4.69, 9.17) is 4.74 Å². The minimum absolute atomic E-state index is 0.0581. The number of nitrogens with zero attached hydrogens (tertiary/aromatic N) is 3. The summed E-state index contributed by atoms with van der Waals surface area (Å²) < 4.78 is 6.52. The predicted molar refractivity (Wildman–Crippen MR) is 69.8 cm³/mol. The van der Waals surface area contributed by atoms with Crippen LogP contribution in [0.15, 0.2) is 6.07 Å². The third-order valence-electron chi connectivity index (χ3n) is 3.26. The van der Waals surface area contributed by atoms with Crippen LogP contribution < -0.4 is 4.90 Å². The standard InChI is InChI=1S/C13H19N3O3/c1-8(2)16-11(5-9(3)14-16)15-7-10(6-12(15)17)13(18)19-4/h5,8,10H,6-7H2,1-4H3. The predicted octanol–water partition coefficient (Wildman–Crippen LogP) is 1.30. The first-order valence-corrected chi connectivity index (χ1v) is 6.38. The molecule has 1 unspecified atom stereocenters. The zero-order valence-corrected chi connectivity index (χ0v) is 11.7. The molecule has 0 radical (unpaired) electrons. The lowest BCUT2D eigenvalue weighted by molar-refractivity contribution is -0.145. The number of aromatic nitrogens is 2. The average Bonchev–Trinajstić information content (AvgIpc) is 2.91. The van der Waals surface area contributed by atoms with Gasteiger partial charge in [0.05, 0.1) is 18.7 Å². The molecule has 1 saturated heterocycles. The van der Waals surface area contributed by atoms with Crippen molar-refractivity contribution in [3.8, 4) is 0 Å². The van der Waals surface area contributed by atoms with Crippen molar-refractivity contribution in [2.45, 2.75) is 33.2 Å². The molecule has 104 valence electrons. The van der Waals surface area contributed by atoms with E-state index in [9.17, 15) is 9.59 Å². The maximum atomic E-state index is 12.1. The van der Waals surface area contributed by atoms with Crippen LogP contribution in [-0.4, -0.2) is 35.3 Å². The zero-order valence-electron chi connectivity index (χ0n) is 11.7. The molecule has 2 rings (SSSR count). The van der Waals surface area contributed by atoms with Gasteiger partial charge >= 0.3 is 5.97 Å². The van der Waals surface area contributed by atoms with Crippen molar-refractivity contribution in [2.24, 2.45) is 5.92 Å². The minimum atomic E-state index is -0.381. The van der Waals surface area contributed by atoms with Crippen LogP contribution in [0, 0.1) is 12.8 Å². The van der Waals surface area contributed by atoms with Crippen molar-refractivity contribution in [3.63, 3.8) is 0 Å². The zero-order chi connectivity index (χ0) is 14.2. The third kappa shape index (κ3) is 2.47. The summed E-state index contributed by atoms with van der Waals surface area (Å²) in [6.07, 6.45) is 0.203. The van der Waals surface area contributed by atoms with Gasteiger partial charge in [-0.1, -0.05) is 0 Å². The summed E-state index contributed by atoms with van der Waals surface area (Å²) in [6.45, 7) is 6.27. The Hall–Kier alpha value is -1.85. The van der Waals surface area contributed by atoms with Crippen molar-refractivity contribution in [3.05, 3.63) is 11.8 Å². The Morgan fingerprint density at radius 3 is 2.79 bits per heavy atom. The Labute approximate surface area is 112 Å². The molecule has 1 aliphatic heterocycles. The number of rotatable bonds is 3. The molecule has 6 heteroatoms. The average molecular weight is 265 g/mol. The monoisotopic (exact) mass is 265 g/mol. The lowest BCUT2D eigenvalue weighted by Gasteiger charge is -2.19. The van der Waals surface area contributed by atoms with Crippen LogP contribution in [0.1, 0.15) is 32.0 Å². The van der Waals surface area contributed by atoms with Crippen molar-refractivity contribution in [1.29, 1.82) is 0 Å². The van der Waals surface area contributed by atoms with Crippen molar-refractivity contribution < 1.29 is 14.3 Å². The van der Waals surface area contributed by atoms with Crippen LogP contribution >= 0.6 is 0 Å². The van der Waals surface area contributed by atoms with Gasteiger partial charge in [-0.05, 0) is 20.8 Å². The summed E-state index contributed by atoms with van der Waals surface area (Å²) in [5, 5.41) is 4.39. The second-order valence-electron chi connectivity index (χ2n) is 5.11. The maximum absolute atomic E-state index is 12.1. The molecule has 0 spiro atoms. The molecule has 0 saturated carbocycles. The van der Waals surface area contributed by atoms with Gasteiger partial charge in [-0.15, -0.1) is 0 Å².